The van der Waals surface area contributed by atoms with Gasteiger partial charge in [0.1, 0.15) is 0 Å². The maximum Gasteiger partial charge on any atom is 0.179 e. The van der Waals surface area contributed by atoms with Crippen molar-refractivity contribution < 1.29 is 67.2 Å². The summed E-state index contributed by atoms with van der Waals surface area (Å²) in [5.41, 5.74) is -14.0. The zero-order valence-corrected chi connectivity index (χ0v) is 39.5. The van der Waals surface area contributed by atoms with E-state index in [2.05, 4.69) is 0 Å². The van der Waals surface area contributed by atoms with Crippen LogP contribution in [-0.4, -0.2) is 21.8 Å². The molecule has 0 N–H and O–H groups in total. The van der Waals surface area contributed by atoms with Crippen molar-refractivity contribution in [3.05, 3.63) is 296 Å². The van der Waals surface area contributed by atoms with Crippen molar-refractivity contribution in [2.75, 3.05) is 0 Å². The van der Waals surface area contributed by atoms with Gasteiger partial charge in [-0.15, -0.1) is 0 Å². The van der Waals surface area contributed by atoms with Gasteiger partial charge in [0.25, 0.3) is 0 Å². The minimum Gasteiger partial charge on any atom is -0.309 e. The fraction of sp³-hybridized carbons (Fsp3) is 0.0137. The summed E-state index contributed by atoms with van der Waals surface area (Å²) in [5, 5.41) is -10.9. The lowest BCUT2D eigenvalue weighted by atomic mass is 10.0. The first-order valence-electron chi connectivity index (χ1n) is 47.3. The molecule has 12 aromatic carbocycles. The number of benzene rings is 12. The van der Waals surface area contributed by atoms with Gasteiger partial charge in [0.2, 0.25) is 0 Å². The van der Waals surface area contributed by atoms with Gasteiger partial charge >= 0.3 is 0 Å². The van der Waals surface area contributed by atoms with E-state index < -0.39 is 436 Å². The van der Waals surface area contributed by atoms with Crippen molar-refractivity contribution in [2.24, 2.45) is 0 Å². The lowest BCUT2D eigenvalue weighted by Gasteiger charge is -2.34. The molecule has 0 bridgehead atoms. The van der Waals surface area contributed by atoms with E-state index in [1.165, 1.54) is 0 Å². The van der Waals surface area contributed by atoms with Crippen molar-refractivity contribution in [1.82, 2.24) is 13.7 Å². The number of nitrogens with zero attached hydrogens (tertiary/aromatic N) is 3. The molecule has 0 saturated heterocycles. The van der Waals surface area contributed by atoms with Crippen molar-refractivity contribution in [1.29, 1.82) is 0 Å². The van der Waals surface area contributed by atoms with Crippen LogP contribution in [0.2, 0.25) is 0 Å². The number of hydrogen-bond donors (Lipinski definition) is 0. The Kier molecular flexibility index (Phi) is 4.06. The molecule has 15 aromatic rings. The summed E-state index contributed by atoms with van der Waals surface area (Å²) in [4.78, 5) is 0. The van der Waals surface area contributed by atoms with E-state index in [1.807, 2.05) is 0 Å². The topological polar surface area (TPSA) is 14.8 Å². The van der Waals surface area contributed by atoms with Crippen molar-refractivity contribution in [3.63, 3.8) is 0 Å². The van der Waals surface area contributed by atoms with Crippen LogP contribution in [0, 0.1) is 6.90 Å². The van der Waals surface area contributed by atoms with Gasteiger partial charge in [0, 0.05) is 50.6 Å². The van der Waals surface area contributed by atoms with E-state index >= 15 is 0 Å². The summed E-state index contributed by atoms with van der Waals surface area (Å²) in [6.07, 6.45) is 0. The largest absolute Gasteiger partial charge is 0.309 e. The predicted octanol–water partition coefficient (Wildman–Crippen LogP) is 16.0. The first kappa shape index (κ1) is 17.4. The highest BCUT2D eigenvalue weighted by Crippen LogP contribution is 2.41. The van der Waals surface area contributed by atoms with Crippen molar-refractivity contribution >= 4 is 94.2 Å². The summed E-state index contributed by atoms with van der Waals surface area (Å²) in [5.74, 6) is 0. The van der Waals surface area contributed by atoms with Crippen LogP contribution >= 0.6 is 0 Å². The number of fused-ring (bicyclic) bond motifs is 9. The normalized spacial score (nSPS) is 20.9. The lowest BCUT2D eigenvalue weighted by Crippen LogP contribution is -2.74. The Bertz CT molecular complexity index is 7450. The molecule has 3 heterocycles. The molecule has 4 heteroatoms. The van der Waals surface area contributed by atoms with Crippen molar-refractivity contribution in [2.45, 2.75) is 6.90 Å². The van der Waals surface area contributed by atoms with Crippen LogP contribution in [0.4, 0.5) is 0 Å². The highest BCUT2D eigenvalue weighted by Gasteiger charge is 2.41. The third-order valence-corrected chi connectivity index (χ3v) is 16.7. The highest BCUT2D eigenvalue weighted by molar-refractivity contribution is 7.20. The monoisotopic (exact) mass is 1050 g/mol. The number of aromatic nitrogens is 3. The number of hydrogen-bond acceptors (Lipinski definition) is 0. The van der Waals surface area contributed by atoms with Crippen LogP contribution in [-0.2, 0) is 0 Å². The van der Waals surface area contributed by atoms with Crippen LogP contribution in [0.3, 0.4) is 0 Å². The molecule has 0 saturated carbocycles. The van der Waals surface area contributed by atoms with Gasteiger partial charge in [-0.1, -0.05) is 224 Å². The SMILES string of the molecule is [2H]Cc1c([2H])c(-c2c([2H])c([2H])c([2H])c([2H])c2[2H])c([2H])c([2H])c1-n1c2c([2H])c([2H])c([2H])c([2H])c2c2c([2H])c(-n3c4c([2H])c([2H])c([2H])c([2H])c4c4c([2H])c([2H])c(-c5c([2H])c([2H])c([2H])c([2H])c5-n5c6c([2H])c([2H])c([2H])c([2H])c6c6c([2H])c([Si](c7c([2H])c([2H])c([2H])c([2H])c7[2H])(c7c([2H])c([2H])c([2H])c([2H])c7[2H])c7c([2H])c([2H])c([2H])c([2H])c7[2H])c([2H])c([2H])c65)c([2H])c43)c([2H])c([2H])c21. The first-order chi connectivity index (χ1) is 58.6. The summed E-state index contributed by atoms with van der Waals surface area (Å²) < 4.78 is 466. The fourth-order valence-electron chi connectivity index (χ4n) is 9.47. The maximum absolute atomic E-state index is 10.8. The lowest BCUT2D eigenvalue weighted by molar-refractivity contribution is 1.14. The van der Waals surface area contributed by atoms with Gasteiger partial charge in [-0.05, 0) is 116 Å². The third-order valence-electron chi connectivity index (χ3n) is 12.7. The zero-order chi connectivity index (χ0) is 93.5. The Balaban J connectivity index is 1.16. The Morgan fingerprint density at radius 3 is 1.38 bits per heavy atom. The second kappa shape index (κ2) is 18.0. The standard InChI is InChI=1S/C73H51N3Si/c1-50-46-52(51-22-6-2-7-23-51)39-43-66(50)75-69-36-20-16-32-61(69)64-48-54(40-44-71(64)75)74-68-35-19-15-31-60(68)63-42-38-53(47-73(63)74)59-30-14-18-34-67(59)76-70-37-21-17-33-62(70)65-49-58(41-45-72(65)76)77(55-24-8-3-9-25-55,56-26-10-4-11-27-56)57-28-12-5-13-29-57/h2-49H,1H3/i1D,2D,3D,4D,5D,6D,7D,8D,9D,10D,11D,12D,13D,14D,15D,16D,17D,18D,19D,20D,21D,22D,23D,24D,25D,26D,27D,28D,29D,30D,31D,32D,33D,34D,35D,36D,37D,38D,39D,40D,41D,42D,43D,44D,45D,46D,47D,48D,49D. The zero-order valence-electron chi connectivity index (χ0n) is 87.5. The molecule has 15 rings (SSSR count). The molecule has 0 aliphatic carbocycles. The molecule has 0 atom stereocenters. The predicted molar refractivity (Wildman–Crippen MR) is 329 cm³/mol. The van der Waals surface area contributed by atoms with Crippen LogP contribution in [0.15, 0.2) is 290 Å². The van der Waals surface area contributed by atoms with E-state index in [9.17, 15) is 41.1 Å². The van der Waals surface area contributed by atoms with Gasteiger partial charge < -0.3 is 13.7 Å². The fourth-order valence-corrected chi connectivity index (χ4v) is 13.0. The summed E-state index contributed by atoms with van der Waals surface area (Å²) in [6, 6.07) is -59.8. The Morgan fingerprint density at radius 2 is 0.753 bits per heavy atom. The molecule has 0 amide bonds. The average Bonchev–Trinajstić information content (AvgIpc) is 1.37. The summed E-state index contributed by atoms with van der Waals surface area (Å²) >= 11 is 0. The van der Waals surface area contributed by atoms with Gasteiger partial charge in [0.05, 0.1) is 105 Å². The summed E-state index contributed by atoms with van der Waals surface area (Å²) in [7, 11) is -6.74. The summed E-state index contributed by atoms with van der Waals surface area (Å²) in [6.45, 7) is -1.15. The molecule has 0 aliphatic rings. The smallest absolute Gasteiger partial charge is 0.179 e. The average molecular weight is 1050 g/mol. The second-order valence-corrected chi connectivity index (χ2v) is 20.1. The van der Waals surface area contributed by atoms with E-state index in [1.54, 1.807) is 0 Å². The Hall–Kier alpha value is -9.74. The third kappa shape index (κ3) is 6.96. The van der Waals surface area contributed by atoms with E-state index in [0.29, 0.717) is 13.7 Å². The van der Waals surface area contributed by atoms with Crippen LogP contribution < -0.4 is 20.7 Å². The highest BCUT2D eigenvalue weighted by atomic mass is 28.3. The molecule has 362 valence electrons. The van der Waals surface area contributed by atoms with Crippen LogP contribution in [0.5, 0.6) is 0 Å². The molecular weight excluding hydrogens is 947 g/mol. The molecule has 0 radical (unpaired) electrons. The van der Waals surface area contributed by atoms with E-state index in [-0.39, 0.29) is 0 Å². The molecule has 3 aromatic heterocycles. The number of rotatable bonds is 9. The molecule has 0 unspecified atom stereocenters. The molecule has 3 nitrogen and oxygen atoms in total. The van der Waals surface area contributed by atoms with Gasteiger partial charge in [0.15, 0.2) is 8.07 Å². The van der Waals surface area contributed by atoms with Crippen molar-refractivity contribution in [3.8, 4) is 39.3 Å². The quantitative estimate of drug-likeness (QED) is 0.101. The van der Waals surface area contributed by atoms with E-state index in [0.717, 1.165) is 0 Å². The Labute approximate surface area is 517 Å². The number of para-hydroxylation sites is 4. The first-order valence-corrected chi connectivity index (χ1v) is 24.6. The molecular formula is C73H51N3Si. The van der Waals surface area contributed by atoms with E-state index in [4.69, 9.17) is 26.0 Å². The molecule has 0 aliphatic heterocycles. The molecule has 77 heavy (non-hydrogen) atoms. The minimum atomic E-state index is -6.74. The molecule has 0 fully saturated rings. The second-order valence-electron chi connectivity index (χ2n) is 16.6. The van der Waals surface area contributed by atoms with Gasteiger partial charge in [-0.25, -0.2) is 0 Å². The van der Waals surface area contributed by atoms with Crippen LogP contribution in [0.1, 0.15) is 72.7 Å². The Morgan fingerprint density at radius 1 is 0.286 bits per heavy atom. The van der Waals surface area contributed by atoms with Gasteiger partial charge in [-0.2, -0.15) is 0 Å². The van der Waals surface area contributed by atoms with Crippen LogP contribution in [0.25, 0.3) is 105 Å². The minimum absolute atomic E-state index is 0.415. The van der Waals surface area contributed by atoms with Gasteiger partial charge in [-0.3, -0.25) is 0 Å². The maximum atomic E-state index is 10.8. The molecule has 0 spiro atoms.